The molecule has 2 atom stereocenters. The van der Waals surface area contributed by atoms with Crippen molar-refractivity contribution in [2.45, 2.75) is 77.9 Å². The zero-order valence-corrected chi connectivity index (χ0v) is 21.1. The first-order valence-electron chi connectivity index (χ1n) is 11.9. The Balaban J connectivity index is 1.96. The van der Waals surface area contributed by atoms with Gasteiger partial charge in [0, 0.05) is 12.1 Å². The van der Waals surface area contributed by atoms with Gasteiger partial charge in [0.15, 0.2) is 0 Å². The van der Waals surface area contributed by atoms with Crippen molar-refractivity contribution in [3.05, 3.63) is 34.4 Å². The molecule has 0 amide bonds. The molecular formula is C23H36N3O7P. The summed E-state index contributed by atoms with van der Waals surface area (Å²) in [5, 5.41) is 16.9. The topological polar surface area (TPSA) is 129 Å². The summed E-state index contributed by atoms with van der Waals surface area (Å²) in [7, 11) is -1.69. The third kappa shape index (κ3) is 9.91. The third-order valence-electron chi connectivity index (χ3n) is 5.75. The van der Waals surface area contributed by atoms with Crippen LogP contribution in [0.5, 0.6) is 5.75 Å². The molecule has 1 aliphatic carbocycles. The smallest absolute Gasteiger partial charge is 0.323 e. The highest BCUT2D eigenvalue weighted by atomic mass is 31.2. The number of esters is 2. The molecule has 0 aliphatic heterocycles. The Morgan fingerprint density at radius 2 is 1.79 bits per heavy atom. The summed E-state index contributed by atoms with van der Waals surface area (Å²) in [4.78, 5) is 35.2. The Morgan fingerprint density at radius 1 is 1.15 bits per heavy atom. The van der Waals surface area contributed by atoms with Gasteiger partial charge in [0.05, 0.1) is 11.5 Å². The molecule has 1 aromatic carbocycles. The van der Waals surface area contributed by atoms with Gasteiger partial charge in [0.1, 0.15) is 24.4 Å². The highest BCUT2D eigenvalue weighted by molar-refractivity contribution is 7.48. The van der Waals surface area contributed by atoms with E-state index in [-0.39, 0.29) is 24.3 Å². The van der Waals surface area contributed by atoms with Gasteiger partial charge in [-0.15, -0.1) is 0 Å². The highest BCUT2D eigenvalue weighted by Crippen LogP contribution is 2.32. The van der Waals surface area contributed by atoms with Crippen molar-refractivity contribution in [1.29, 1.82) is 0 Å². The number of carbonyl (C=O) groups is 2. The molecule has 2 rings (SSSR count). The molecule has 1 aromatic rings. The summed E-state index contributed by atoms with van der Waals surface area (Å²) in [6.45, 7) is 6.01. The monoisotopic (exact) mass is 497 g/mol. The summed E-state index contributed by atoms with van der Waals surface area (Å²) < 4.78 is 16.8. The van der Waals surface area contributed by atoms with Crippen molar-refractivity contribution in [2.75, 3.05) is 13.2 Å². The molecule has 190 valence electrons. The first-order chi connectivity index (χ1) is 16.3. The lowest BCUT2D eigenvalue weighted by atomic mass is 9.98. The normalized spacial score (nSPS) is 16.0. The SMILES string of the molecule is CCC(CC)COC(=O)CNP(NC(C)C(=O)OC1CCCCC1)Oc1ccc([N+](=O)[O-])cc1. The van der Waals surface area contributed by atoms with Crippen LogP contribution in [0.4, 0.5) is 5.69 Å². The first-order valence-corrected chi connectivity index (χ1v) is 13.2. The number of carbonyl (C=O) groups excluding carboxylic acids is 2. The zero-order chi connectivity index (χ0) is 24.9. The number of nitrogens with one attached hydrogen (secondary N) is 2. The first kappa shape index (κ1) is 28.0. The van der Waals surface area contributed by atoms with Crippen molar-refractivity contribution < 1.29 is 28.5 Å². The molecule has 10 nitrogen and oxygen atoms in total. The van der Waals surface area contributed by atoms with Crippen LogP contribution in [0.25, 0.3) is 0 Å². The van der Waals surface area contributed by atoms with Gasteiger partial charge in [-0.05, 0) is 50.7 Å². The number of hydrogen-bond donors (Lipinski definition) is 2. The summed E-state index contributed by atoms with van der Waals surface area (Å²) in [5.74, 6) is -0.139. The van der Waals surface area contributed by atoms with Crippen LogP contribution < -0.4 is 14.7 Å². The fraction of sp³-hybridized carbons (Fsp3) is 0.652. The number of nitro groups is 1. The fourth-order valence-electron chi connectivity index (χ4n) is 3.44. The Hall–Kier alpha value is -2.29. The van der Waals surface area contributed by atoms with E-state index in [0.29, 0.717) is 18.3 Å². The van der Waals surface area contributed by atoms with Crippen LogP contribution in [0.15, 0.2) is 24.3 Å². The van der Waals surface area contributed by atoms with Gasteiger partial charge in [0.25, 0.3) is 5.69 Å². The van der Waals surface area contributed by atoms with Crippen LogP contribution in [-0.2, 0) is 19.1 Å². The van der Waals surface area contributed by atoms with Gasteiger partial charge in [0.2, 0.25) is 8.45 Å². The molecule has 2 unspecified atom stereocenters. The lowest BCUT2D eigenvalue weighted by Crippen LogP contribution is -2.39. The van der Waals surface area contributed by atoms with E-state index < -0.39 is 25.4 Å². The number of rotatable bonds is 14. The average molecular weight is 498 g/mol. The van der Waals surface area contributed by atoms with E-state index in [0.717, 1.165) is 44.9 Å². The van der Waals surface area contributed by atoms with E-state index in [1.165, 1.54) is 24.3 Å². The molecule has 1 aliphatic rings. The Kier molecular flexibility index (Phi) is 12.2. The largest absolute Gasteiger partial charge is 0.464 e. The van der Waals surface area contributed by atoms with Crippen LogP contribution in [0.2, 0.25) is 0 Å². The number of non-ortho nitro benzene ring substituents is 1. The molecule has 1 fully saturated rings. The van der Waals surface area contributed by atoms with Gasteiger partial charge in [-0.2, -0.15) is 0 Å². The van der Waals surface area contributed by atoms with E-state index in [2.05, 4.69) is 24.0 Å². The standard InChI is InChI=1S/C23H36N3O7P/c1-4-18(5-2)16-31-22(27)15-24-34(33-21-13-11-19(12-14-21)26(29)30)25-17(3)23(28)32-20-9-7-6-8-10-20/h11-14,17-18,20,24-25H,4-10,15-16H2,1-3H3. The van der Waals surface area contributed by atoms with Gasteiger partial charge < -0.3 is 14.0 Å². The lowest BCUT2D eigenvalue weighted by Gasteiger charge is -2.26. The maximum absolute atomic E-state index is 12.6. The third-order valence-corrected chi connectivity index (χ3v) is 7.21. The van der Waals surface area contributed by atoms with Crippen molar-refractivity contribution in [1.82, 2.24) is 10.2 Å². The van der Waals surface area contributed by atoms with Gasteiger partial charge in [-0.3, -0.25) is 19.7 Å². The van der Waals surface area contributed by atoms with E-state index in [1.54, 1.807) is 6.92 Å². The number of ether oxygens (including phenoxy) is 2. The fourth-order valence-corrected chi connectivity index (χ4v) is 4.71. The molecule has 0 spiro atoms. The maximum Gasteiger partial charge on any atom is 0.323 e. The molecule has 2 N–H and O–H groups in total. The predicted molar refractivity (Wildman–Crippen MR) is 129 cm³/mol. The Bertz CT molecular complexity index is 783. The Labute approximate surface area is 202 Å². The minimum atomic E-state index is -1.69. The van der Waals surface area contributed by atoms with Gasteiger partial charge in [-0.1, -0.05) is 33.1 Å². The summed E-state index contributed by atoms with van der Waals surface area (Å²) in [6.07, 6.45) is 6.78. The zero-order valence-electron chi connectivity index (χ0n) is 20.2. The molecular weight excluding hydrogens is 461 g/mol. The summed E-state index contributed by atoms with van der Waals surface area (Å²) in [6, 6.07) is 4.90. The van der Waals surface area contributed by atoms with Crippen LogP contribution in [0.1, 0.15) is 65.7 Å². The van der Waals surface area contributed by atoms with Crippen LogP contribution in [-0.4, -0.2) is 42.2 Å². The predicted octanol–water partition coefficient (Wildman–Crippen LogP) is 4.62. The molecule has 0 saturated heterocycles. The number of benzene rings is 1. The molecule has 0 heterocycles. The van der Waals surface area contributed by atoms with Crippen LogP contribution >= 0.6 is 8.45 Å². The van der Waals surface area contributed by atoms with Crippen molar-refractivity contribution in [3.8, 4) is 5.75 Å². The molecule has 0 radical (unpaired) electrons. The second-order valence-electron chi connectivity index (χ2n) is 8.38. The molecule has 0 aromatic heterocycles. The van der Waals surface area contributed by atoms with Crippen molar-refractivity contribution >= 4 is 26.1 Å². The summed E-state index contributed by atoms with van der Waals surface area (Å²) >= 11 is 0. The summed E-state index contributed by atoms with van der Waals surface area (Å²) in [5.41, 5.74) is -0.0630. The molecule has 11 heteroatoms. The molecule has 0 bridgehead atoms. The van der Waals surface area contributed by atoms with Gasteiger partial charge in [-0.25, -0.2) is 10.2 Å². The average Bonchev–Trinajstić information content (AvgIpc) is 2.84. The van der Waals surface area contributed by atoms with Crippen LogP contribution in [0, 0.1) is 16.0 Å². The quantitative estimate of drug-likeness (QED) is 0.164. The second-order valence-corrected chi connectivity index (χ2v) is 9.73. The van der Waals surface area contributed by atoms with Crippen molar-refractivity contribution in [2.24, 2.45) is 5.92 Å². The number of hydrogen-bond acceptors (Lipinski definition) is 9. The minimum absolute atomic E-state index is 0.0630. The van der Waals surface area contributed by atoms with E-state index in [9.17, 15) is 19.7 Å². The van der Waals surface area contributed by atoms with E-state index in [1.807, 2.05) is 0 Å². The van der Waals surface area contributed by atoms with Crippen molar-refractivity contribution in [3.63, 3.8) is 0 Å². The molecule has 1 saturated carbocycles. The Morgan fingerprint density at radius 3 is 2.38 bits per heavy atom. The van der Waals surface area contributed by atoms with Gasteiger partial charge >= 0.3 is 11.9 Å². The maximum atomic E-state index is 12.6. The number of nitrogens with zero attached hydrogens (tertiary/aromatic N) is 1. The lowest BCUT2D eigenvalue weighted by molar-refractivity contribution is -0.384. The second kappa shape index (κ2) is 14.9. The highest BCUT2D eigenvalue weighted by Gasteiger charge is 2.26. The van der Waals surface area contributed by atoms with E-state index in [4.69, 9.17) is 14.0 Å². The number of nitro benzene ring substituents is 1. The van der Waals surface area contributed by atoms with Crippen LogP contribution in [0.3, 0.4) is 0 Å². The minimum Gasteiger partial charge on any atom is -0.464 e. The van der Waals surface area contributed by atoms with E-state index >= 15 is 0 Å². The molecule has 34 heavy (non-hydrogen) atoms.